The maximum absolute atomic E-state index is 6.00. The largest absolute Gasteiger partial charge is 0.464 e. The van der Waals surface area contributed by atoms with Crippen LogP contribution in [0.25, 0.3) is 0 Å². The molecule has 0 saturated heterocycles. The molecule has 3 rings (SSSR count). The molecule has 1 aromatic rings. The Morgan fingerprint density at radius 1 is 1.39 bits per heavy atom. The highest BCUT2D eigenvalue weighted by Crippen LogP contribution is 2.47. The van der Waals surface area contributed by atoms with E-state index in [1.54, 1.807) is 0 Å². The summed E-state index contributed by atoms with van der Waals surface area (Å²) in [6.45, 7) is 2.90. The number of furan rings is 1. The Morgan fingerprint density at radius 3 is 2.72 bits per heavy atom. The molecule has 2 aliphatic rings. The smallest absolute Gasteiger partial charge is 0.122 e. The number of nitrogens with one attached hydrogen (secondary N) is 1. The standard InChI is InChI=1S/C15H24N2O/c1-10-8-12(10)14-6-7-15(18-14)13(9-16)17-11-4-2-3-5-11/h6-7,10-13,17H,2-5,8-9,16H2,1H3. The lowest BCUT2D eigenvalue weighted by Gasteiger charge is -2.19. The summed E-state index contributed by atoms with van der Waals surface area (Å²) in [5.74, 6) is 3.63. The van der Waals surface area contributed by atoms with E-state index in [1.807, 2.05) is 0 Å². The van der Waals surface area contributed by atoms with Gasteiger partial charge in [-0.2, -0.15) is 0 Å². The minimum Gasteiger partial charge on any atom is -0.464 e. The molecular weight excluding hydrogens is 224 g/mol. The lowest BCUT2D eigenvalue weighted by atomic mass is 10.1. The molecule has 0 amide bonds. The molecule has 3 unspecified atom stereocenters. The van der Waals surface area contributed by atoms with Crippen LogP contribution in [0.2, 0.25) is 0 Å². The van der Waals surface area contributed by atoms with Gasteiger partial charge in [-0.15, -0.1) is 0 Å². The summed E-state index contributed by atoms with van der Waals surface area (Å²) in [6, 6.07) is 5.07. The van der Waals surface area contributed by atoms with Gasteiger partial charge in [0, 0.05) is 18.5 Å². The summed E-state index contributed by atoms with van der Waals surface area (Å²) in [5, 5.41) is 3.65. The zero-order valence-electron chi connectivity index (χ0n) is 11.2. The van der Waals surface area contributed by atoms with Gasteiger partial charge in [0.05, 0.1) is 6.04 Å². The second-order valence-corrected chi connectivity index (χ2v) is 6.00. The van der Waals surface area contributed by atoms with Crippen LogP contribution in [0.5, 0.6) is 0 Å². The summed E-state index contributed by atoms with van der Waals surface area (Å²) in [4.78, 5) is 0. The highest BCUT2D eigenvalue weighted by Gasteiger charge is 2.37. The monoisotopic (exact) mass is 248 g/mol. The quantitative estimate of drug-likeness (QED) is 0.842. The van der Waals surface area contributed by atoms with E-state index in [-0.39, 0.29) is 6.04 Å². The SMILES string of the molecule is CC1CC1c1ccc(C(CN)NC2CCCC2)o1. The Bertz CT molecular complexity index is 395. The molecule has 0 radical (unpaired) electrons. The average molecular weight is 248 g/mol. The van der Waals surface area contributed by atoms with Crippen molar-refractivity contribution < 1.29 is 4.42 Å². The number of hydrogen-bond acceptors (Lipinski definition) is 3. The van der Waals surface area contributed by atoms with Gasteiger partial charge in [-0.25, -0.2) is 0 Å². The van der Waals surface area contributed by atoms with Crippen molar-refractivity contribution in [2.45, 2.75) is 57.0 Å². The fraction of sp³-hybridized carbons (Fsp3) is 0.733. The highest BCUT2D eigenvalue weighted by molar-refractivity contribution is 5.19. The molecule has 2 aliphatic carbocycles. The van der Waals surface area contributed by atoms with Crippen LogP contribution >= 0.6 is 0 Å². The fourth-order valence-corrected chi connectivity index (χ4v) is 3.12. The number of nitrogens with two attached hydrogens (primary N) is 1. The van der Waals surface area contributed by atoms with Gasteiger partial charge in [-0.05, 0) is 37.3 Å². The summed E-state index contributed by atoms with van der Waals surface area (Å²) in [7, 11) is 0. The van der Waals surface area contributed by atoms with E-state index >= 15 is 0 Å². The van der Waals surface area contributed by atoms with E-state index in [2.05, 4.69) is 24.4 Å². The molecule has 3 nitrogen and oxygen atoms in total. The summed E-state index contributed by atoms with van der Waals surface area (Å²) >= 11 is 0. The summed E-state index contributed by atoms with van der Waals surface area (Å²) in [6.07, 6.45) is 6.53. The van der Waals surface area contributed by atoms with Crippen LogP contribution in [-0.4, -0.2) is 12.6 Å². The van der Waals surface area contributed by atoms with Gasteiger partial charge in [-0.3, -0.25) is 0 Å². The van der Waals surface area contributed by atoms with E-state index in [4.69, 9.17) is 10.2 Å². The second-order valence-electron chi connectivity index (χ2n) is 6.00. The molecule has 2 saturated carbocycles. The third kappa shape index (κ3) is 2.47. The molecule has 100 valence electrons. The van der Waals surface area contributed by atoms with Crippen molar-refractivity contribution in [2.75, 3.05) is 6.54 Å². The lowest BCUT2D eigenvalue weighted by Crippen LogP contribution is -2.34. The Kier molecular flexibility index (Phi) is 3.44. The number of rotatable bonds is 5. The molecule has 0 bridgehead atoms. The van der Waals surface area contributed by atoms with Crippen LogP contribution in [0.3, 0.4) is 0 Å². The number of hydrogen-bond donors (Lipinski definition) is 2. The first-order chi connectivity index (χ1) is 8.78. The zero-order chi connectivity index (χ0) is 12.5. The predicted octanol–water partition coefficient (Wildman–Crippen LogP) is 2.94. The highest BCUT2D eigenvalue weighted by atomic mass is 16.3. The van der Waals surface area contributed by atoms with E-state index in [0.717, 1.165) is 17.4 Å². The Morgan fingerprint density at radius 2 is 2.11 bits per heavy atom. The lowest BCUT2D eigenvalue weighted by molar-refractivity contribution is 0.363. The van der Waals surface area contributed by atoms with E-state index in [1.165, 1.54) is 32.1 Å². The zero-order valence-corrected chi connectivity index (χ0v) is 11.2. The van der Waals surface area contributed by atoms with Crippen LogP contribution in [0.15, 0.2) is 16.5 Å². The normalized spacial score (nSPS) is 29.7. The summed E-state index contributed by atoms with van der Waals surface area (Å²) < 4.78 is 6.00. The average Bonchev–Trinajstić information content (AvgIpc) is 2.86. The van der Waals surface area contributed by atoms with Crippen LogP contribution in [0.4, 0.5) is 0 Å². The third-order valence-corrected chi connectivity index (χ3v) is 4.49. The van der Waals surface area contributed by atoms with E-state index in [0.29, 0.717) is 18.5 Å². The third-order valence-electron chi connectivity index (χ3n) is 4.49. The fourth-order valence-electron chi connectivity index (χ4n) is 3.12. The first-order valence-corrected chi connectivity index (χ1v) is 7.33. The van der Waals surface area contributed by atoms with Crippen molar-refractivity contribution >= 4 is 0 Å². The molecule has 0 spiro atoms. The Labute approximate surface area is 109 Å². The van der Waals surface area contributed by atoms with Gasteiger partial charge in [0.2, 0.25) is 0 Å². The maximum Gasteiger partial charge on any atom is 0.122 e. The van der Waals surface area contributed by atoms with Gasteiger partial charge < -0.3 is 15.5 Å². The van der Waals surface area contributed by atoms with Gasteiger partial charge in [-0.1, -0.05) is 19.8 Å². The second kappa shape index (κ2) is 5.06. The molecule has 3 heteroatoms. The molecule has 0 aliphatic heterocycles. The Hall–Kier alpha value is -0.800. The minimum atomic E-state index is 0.191. The predicted molar refractivity (Wildman–Crippen MR) is 72.4 cm³/mol. The first kappa shape index (κ1) is 12.2. The maximum atomic E-state index is 6.00. The molecule has 2 fully saturated rings. The molecule has 3 N–H and O–H groups in total. The van der Waals surface area contributed by atoms with E-state index in [9.17, 15) is 0 Å². The minimum absolute atomic E-state index is 0.191. The molecule has 3 atom stereocenters. The van der Waals surface area contributed by atoms with Gasteiger partial charge >= 0.3 is 0 Å². The van der Waals surface area contributed by atoms with E-state index < -0.39 is 0 Å². The van der Waals surface area contributed by atoms with Crippen molar-refractivity contribution in [3.05, 3.63) is 23.7 Å². The Balaban J connectivity index is 1.64. The molecule has 1 aromatic heterocycles. The van der Waals surface area contributed by atoms with Crippen molar-refractivity contribution in [2.24, 2.45) is 11.7 Å². The van der Waals surface area contributed by atoms with Crippen molar-refractivity contribution in [1.29, 1.82) is 0 Å². The van der Waals surface area contributed by atoms with Crippen LogP contribution in [0.1, 0.15) is 62.5 Å². The van der Waals surface area contributed by atoms with Gasteiger partial charge in [0.1, 0.15) is 11.5 Å². The molecular formula is C15H24N2O. The molecule has 0 aromatic carbocycles. The first-order valence-electron chi connectivity index (χ1n) is 7.33. The van der Waals surface area contributed by atoms with Crippen molar-refractivity contribution in [3.63, 3.8) is 0 Å². The summed E-state index contributed by atoms with van der Waals surface area (Å²) in [5.41, 5.74) is 5.89. The van der Waals surface area contributed by atoms with Crippen molar-refractivity contribution in [1.82, 2.24) is 5.32 Å². The molecule has 18 heavy (non-hydrogen) atoms. The topological polar surface area (TPSA) is 51.2 Å². The van der Waals surface area contributed by atoms with Crippen LogP contribution < -0.4 is 11.1 Å². The van der Waals surface area contributed by atoms with Gasteiger partial charge in [0.15, 0.2) is 0 Å². The molecule has 1 heterocycles. The van der Waals surface area contributed by atoms with Crippen LogP contribution in [0, 0.1) is 5.92 Å². The van der Waals surface area contributed by atoms with Crippen LogP contribution in [-0.2, 0) is 0 Å². The van der Waals surface area contributed by atoms with Gasteiger partial charge in [0.25, 0.3) is 0 Å². The van der Waals surface area contributed by atoms with Crippen molar-refractivity contribution in [3.8, 4) is 0 Å².